The van der Waals surface area contributed by atoms with Crippen molar-refractivity contribution in [3.05, 3.63) is 40.5 Å². The van der Waals surface area contributed by atoms with Crippen molar-refractivity contribution in [3.8, 4) is 5.75 Å². The summed E-state index contributed by atoms with van der Waals surface area (Å²) >= 11 is 0. The number of aliphatic hydroxyl groups excluding tert-OH is 3. The van der Waals surface area contributed by atoms with Gasteiger partial charge >= 0.3 is 0 Å². The largest absolute Gasteiger partial charge is 0.507 e. The Morgan fingerprint density at radius 1 is 1.00 bits per heavy atom. The van der Waals surface area contributed by atoms with Crippen LogP contribution in [-0.4, -0.2) is 51.5 Å². The van der Waals surface area contributed by atoms with Crippen molar-refractivity contribution in [1.82, 2.24) is 0 Å². The van der Waals surface area contributed by atoms with Gasteiger partial charge in [-0.3, -0.25) is 4.99 Å². The lowest BCUT2D eigenvalue weighted by atomic mass is 9.78. The molecule has 2 unspecified atom stereocenters. The maximum absolute atomic E-state index is 10.8. The monoisotopic (exact) mass is 389 g/mol. The molecule has 5 heteroatoms. The molecular weight excluding hydrogens is 354 g/mol. The van der Waals surface area contributed by atoms with Gasteiger partial charge in [0.1, 0.15) is 5.75 Å². The Morgan fingerprint density at radius 3 is 1.93 bits per heavy atom. The summed E-state index contributed by atoms with van der Waals surface area (Å²) in [5.41, 5.74) is 2.55. The van der Waals surface area contributed by atoms with Crippen LogP contribution in [0.1, 0.15) is 65.2 Å². The molecule has 1 aromatic rings. The van der Waals surface area contributed by atoms with E-state index >= 15 is 0 Å². The van der Waals surface area contributed by atoms with Crippen molar-refractivity contribution in [2.45, 2.75) is 77.5 Å². The highest BCUT2D eigenvalue weighted by Gasteiger charge is 2.35. The Labute approximate surface area is 168 Å². The average molecular weight is 390 g/mol. The summed E-state index contributed by atoms with van der Waals surface area (Å²) < 4.78 is 0. The normalized spacial score (nSPS) is 26.6. The Kier molecular flexibility index (Phi) is 6.44. The molecule has 156 valence electrons. The minimum atomic E-state index is -0.861. The molecule has 0 radical (unpaired) electrons. The lowest BCUT2D eigenvalue weighted by Gasteiger charge is -2.33. The number of hydrogen-bond donors (Lipinski definition) is 4. The second-order valence-electron chi connectivity index (χ2n) is 9.93. The van der Waals surface area contributed by atoms with E-state index in [1.807, 2.05) is 12.1 Å². The van der Waals surface area contributed by atoms with Crippen molar-refractivity contribution in [2.75, 3.05) is 6.61 Å². The zero-order valence-electron chi connectivity index (χ0n) is 18.1. The number of aromatic hydroxyl groups is 1. The number of aliphatic hydroxyl groups is 3. The van der Waals surface area contributed by atoms with Crippen molar-refractivity contribution in [3.63, 3.8) is 0 Å². The zero-order valence-corrected chi connectivity index (χ0v) is 18.1. The van der Waals surface area contributed by atoms with Gasteiger partial charge in [-0.15, -0.1) is 0 Å². The fourth-order valence-electron chi connectivity index (χ4n) is 3.58. The summed E-state index contributed by atoms with van der Waals surface area (Å²) in [5.74, 6) is -0.0987. The van der Waals surface area contributed by atoms with E-state index in [4.69, 9.17) is 0 Å². The molecule has 4 atom stereocenters. The fraction of sp³-hybridized carbons (Fsp3) is 0.609. The summed E-state index contributed by atoms with van der Waals surface area (Å²) in [6, 6.07) is 3.32. The Balaban J connectivity index is 2.49. The summed E-state index contributed by atoms with van der Waals surface area (Å²) in [7, 11) is 0. The lowest BCUT2D eigenvalue weighted by molar-refractivity contribution is 0.0179. The van der Waals surface area contributed by atoms with Crippen LogP contribution in [0.4, 0.5) is 0 Å². The van der Waals surface area contributed by atoms with Gasteiger partial charge < -0.3 is 20.4 Å². The molecule has 0 aliphatic heterocycles. The maximum atomic E-state index is 10.8. The fourth-order valence-corrected chi connectivity index (χ4v) is 3.58. The van der Waals surface area contributed by atoms with Gasteiger partial charge in [-0.2, -0.15) is 0 Å². The van der Waals surface area contributed by atoms with Crippen LogP contribution in [0.3, 0.4) is 0 Å². The first-order chi connectivity index (χ1) is 12.8. The smallest absolute Gasteiger partial charge is 0.123 e. The van der Waals surface area contributed by atoms with E-state index < -0.39 is 24.2 Å². The van der Waals surface area contributed by atoms with Crippen molar-refractivity contribution in [2.24, 2.45) is 10.9 Å². The molecule has 0 bridgehead atoms. The molecule has 0 saturated carbocycles. The first kappa shape index (κ1) is 22.6. The number of benzene rings is 1. The van der Waals surface area contributed by atoms with E-state index in [1.165, 1.54) is 0 Å². The molecule has 0 heterocycles. The Morgan fingerprint density at radius 2 is 1.50 bits per heavy atom. The van der Waals surface area contributed by atoms with Crippen LogP contribution in [0.5, 0.6) is 5.75 Å². The molecule has 1 aliphatic carbocycles. The average Bonchev–Trinajstić information content (AvgIpc) is 2.58. The SMILES string of the molecule is CC1[C@@H](O)C(N=Cc2cc(C(C)(C)C)c(O)c(C(C)(C)C)c2)C=C(CO)[C@H]1O. The minimum absolute atomic E-state index is 0.235. The summed E-state index contributed by atoms with van der Waals surface area (Å²) in [6.07, 6.45) is 1.65. The van der Waals surface area contributed by atoms with E-state index in [1.54, 1.807) is 19.2 Å². The quantitative estimate of drug-likeness (QED) is 0.472. The second-order valence-corrected chi connectivity index (χ2v) is 9.93. The van der Waals surface area contributed by atoms with Crippen LogP contribution in [0.15, 0.2) is 28.8 Å². The summed E-state index contributed by atoms with van der Waals surface area (Å²) in [6.45, 7) is 13.8. The molecule has 0 aromatic heterocycles. The molecule has 5 nitrogen and oxygen atoms in total. The van der Waals surface area contributed by atoms with E-state index in [9.17, 15) is 20.4 Å². The van der Waals surface area contributed by atoms with Crippen LogP contribution in [-0.2, 0) is 10.8 Å². The Hall–Kier alpha value is -1.69. The molecule has 4 N–H and O–H groups in total. The zero-order chi connectivity index (χ0) is 21.4. The molecule has 1 aliphatic rings. The molecule has 28 heavy (non-hydrogen) atoms. The first-order valence-electron chi connectivity index (χ1n) is 9.86. The third-order valence-electron chi connectivity index (χ3n) is 5.48. The number of phenolic OH excluding ortho intramolecular Hbond substituents is 1. The van der Waals surface area contributed by atoms with Gasteiger partial charge in [0.05, 0.1) is 24.9 Å². The van der Waals surface area contributed by atoms with Crippen molar-refractivity contribution >= 4 is 6.21 Å². The van der Waals surface area contributed by atoms with Crippen LogP contribution < -0.4 is 0 Å². The van der Waals surface area contributed by atoms with E-state index in [-0.39, 0.29) is 17.4 Å². The number of aliphatic imine (C=N–C) groups is 1. The summed E-state index contributed by atoms with van der Waals surface area (Å²) in [4.78, 5) is 4.54. The molecule has 1 aromatic carbocycles. The van der Waals surface area contributed by atoms with E-state index in [0.717, 1.165) is 16.7 Å². The standard InChI is InChI=1S/C23H35NO4/c1-13-19(26)15(12-25)10-18(20(13)27)24-11-14-8-16(22(2,3)4)21(28)17(9-14)23(5,6)7/h8-11,13,18-20,25-28H,12H2,1-7H3/t13?,18?,19-,20+/m0/s1. The highest BCUT2D eigenvalue weighted by molar-refractivity contribution is 5.82. The van der Waals surface area contributed by atoms with E-state index in [0.29, 0.717) is 11.3 Å². The molecular formula is C23H35NO4. The highest BCUT2D eigenvalue weighted by atomic mass is 16.3. The van der Waals surface area contributed by atoms with Gasteiger partial charge in [0.25, 0.3) is 0 Å². The van der Waals surface area contributed by atoms with Gasteiger partial charge in [0, 0.05) is 23.3 Å². The second kappa shape index (κ2) is 7.97. The van der Waals surface area contributed by atoms with Crippen LogP contribution in [0, 0.1) is 5.92 Å². The van der Waals surface area contributed by atoms with E-state index in [2.05, 4.69) is 46.5 Å². The molecule has 0 amide bonds. The van der Waals surface area contributed by atoms with Gasteiger partial charge in [-0.05, 0) is 34.1 Å². The number of hydrogen-bond acceptors (Lipinski definition) is 5. The third kappa shape index (κ3) is 4.65. The van der Waals surface area contributed by atoms with Gasteiger partial charge in [0.2, 0.25) is 0 Å². The van der Waals surface area contributed by atoms with Crippen LogP contribution in [0.25, 0.3) is 0 Å². The van der Waals surface area contributed by atoms with Gasteiger partial charge in [-0.25, -0.2) is 0 Å². The molecule has 0 saturated heterocycles. The lowest BCUT2D eigenvalue weighted by Crippen LogP contribution is -2.42. The van der Waals surface area contributed by atoms with Crippen LogP contribution in [0.2, 0.25) is 0 Å². The van der Waals surface area contributed by atoms with Crippen molar-refractivity contribution in [1.29, 1.82) is 0 Å². The van der Waals surface area contributed by atoms with Crippen molar-refractivity contribution < 1.29 is 20.4 Å². The first-order valence-corrected chi connectivity index (χ1v) is 9.86. The predicted molar refractivity (Wildman–Crippen MR) is 113 cm³/mol. The minimum Gasteiger partial charge on any atom is -0.507 e. The van der Waals surface area contributed by atoms with Gasteiger partial charge in [0.15, 0.2) is 0 Å². The van der Waals surface area contributed by atoms with Crippen LogP contribution >= 0.6 is 0 Å². The maximum Gasteiger partial charge on any atom is 0.123 e. The summed E-state index contributed by atoms with van der Waals surface area (Å²) in [5, 5.41) is 40.9. The third-order valence-corrected chi connectivity index (χ3v) is 5.48. The number of phenols is 1. The highest BCUT2D eigenvalue weighted by Crippen LogP contribution is 2.39. The molecule has 0 spiro atoms. The van der Waals surface area contributed by atoms with Gasteiger partial charge in [-0.1, -0.05) is 54.5 Å². The number of nitrogens with zero attached hydrogens (tertiary/aromatic N) is 1. The molecule has 0 fully saturated rings. The predicted octanol–water partition coefficient (Wildman–Crippen LogP) is 3.06. The topological polar surface area (TPSA) is 93.3 Å². The Bertz CT molecular complexity index is 733. The number of rotatable bonds is 3. The molecule has 2 rings (SSSR count).